The van der Waals surface area contributed by atoms with Crippen molar-refractivity contribution in [3.63, 3.8) is 0 Å². The number of carbonyl (C=O) groups excluding carboxylic acids is 1. The summed E-state index contributed by atoms with van der Waals surface area (Å²) in [5, 5.41) is 2.68. The van der Waals surface area contributed by atoms with Crippen LogP contribution in [0.5, 0.6) is 0 Å². The highest BCUT2D eigenvalue weighted by Crippen LogP contribution is 2.37. The molecule has 4 nitrogen and oxygen atoms in total. The van der Waals surface area contributed by atoms with Crippen LogP contribution in [0.2, 0.25) is 0 Å². The molecule has 0 aromatic heterocycles. The number of ether oxygens (including phenoxy) is 2. The largest absolute Gasteiger partial charge is 0.487 e. The molecular weight excluding hydrogens is 419 g/mol. The fourth-order valence-corrected chi connectivity index (χ4v) is 2.69. The van der Waals surface area contributed by atoms with Crippen molar-refractivity contribution in [2.45, 2.75) is 44.9 Å². The van der Waals surface area contributed by atoms with Gasteiger partial charge in [-0.1, -0.05) is 0 Å². The lowest BCUT2D eigenvalue weighted by Gasteiger charge is -2.24. The summed E-state index contributed by atoms with van der Waals surface area (Å²) in [4.78, 5) is 12.0. The summed E-state index contributed by atoms with van der Waals surface area (Å²) in [6.07, 6.45) is -1.05. The fraction of sp³-hybridized carbons (Fsp3) is 0.438. The average molecular weight is 437 g/mol. The number of nitrogens with one attached hydrogen (secondary N) is 1. The summed E-state index contributed by atoms with van der Waals surface area (Å²) in [6.45, 7) is 5.24. The monoisotopic (exact) mass is 437 g/mol. The zero-order chi connectivity index (χ0) is 17.2. The van der Waals surface area contributed by atoms with E-state index in [9.17, 15) is 13.6 Å². The molecule has 1 aromatic rings. The maximum Gasteiger partial charge on any atom is 0.408 e. The van der Waals surface area contributed by atoms with Crippen molar-refractivity contribution in [1.82, 2.24) is 5.32 Å². The lowest BCUT2D eigenvalue weighted by molar-refractivity contribution is 0.0462. The molecule has 1 N–H and O–H groups in total. The van der Waals surface area contributed by atoms with E-state index in [1.165, 1.54) is 0 Å². The van der Waals surface area contributed by atoms with E-state index in [4.69, 9.17) is 9.47 Å². The second kappa shape index (κ2) is 7.02. The lowest BCUT2D eigenvalue weighted by atomic mass is 10.0. The first kappa shape index (κ1) is 18.0. The Kier molecular flexibility index (Phi) is 5.49. The number of amides is 1. The Morgan fingerprint density at radius 2 is 2.13 bits per heavy atom. The second-order valence-corrected chi connectivity index (χ2v) is 6.86. The van der Waals surface area contributed by atoms with Crippen molar-refractivity contribution in [1.29, 1.82) is 0 Å². The molecule has 1 amide bonds. The Bertz CT molecular complexity index is 628. The van der Waals surface area contributed by atoms with Gasteiger partial charge >= 0.3 is 6.09 Å². The molecule has 1 saturated heterocycles. The minimum atomic E-state index is -0.806. The van der Waals surface area contributed by atoms with Crippen LogP contribution in [0.4, 0.5) is 13.6 Å². The maximum atomic E-state index is 14.0. The molecule has 1 aliphatic rings. The number of hydrogen-bond acceptors (Lipinski definition) is 3. The molecule has 1 heterocycles. The van der Waals surface area contributed by atoms with Crippen LogP contribution in [0.1, 0.15) is 38.9 Å². The number of alkyl carbamates (subject to hydrolysis) is 1. The van der Waals surface area contributed by atoms with Gasteiger partial charge in [-0.3, -0.25) is 0 Å². The van der Waals surface area contributed by atoms with Gasteiger partial charge in [-0.2, -0.15) is 0 Å². The zero-order valence-corrected chi connectivity index (χ0v) is 15.2. The molecule has 0 aliphatic carbocycles. The van der Waals surface area contributed by atoms with Gasteiger partial charge in [0.25, 0.3) is 0 Å². The molecule has 7 heteroatoms. The van der Waals surface area contributed by atoms with E-state index < -0.39 is 35.5 Å². The van der Waals surface area contributed by atoms with Crippen LogP contribution in [0.15, 0.2) is 28.0 Å². The van der Waals surface area contributed by atoms with Crippen LogP contribution < -0.4 is 5.32 Å². The van der Waals surface area contributed by atoms with E-state index in [0.717, 1.165) is 18.2 Å². The first-order valence-electron chi connectivity index (χ1n) is 7.10. The summed E-state index contributed by atoms with van der Waals surface area (Å²) in [5.74, 6) is -0.546. The molecule has 0 radical (unpaired) electrons. The van der Waals surface area contributed by atoms with Gasteiger partial charge in [0.15, 0.2) is 0 Å². The normalized spacial score (nSPS) is 22.8. The van der Waals surface area contributed by atoms with Crippen molar-refractivity contribution < 1.29 is 23.0 Å². The SMILES string of the molecule is CC(C)(C)OC(=O)N[C@H]1C/C(=C/I)O[C@@H]1c1cc(F)ccc1F. The summed E-state index contributed by atoms with van der Waals surface area (Å²) in [6, 6.07) is 2.63. The Labute approximate surface area is 147 Å². The molecule has 1 aliphatic heterocycles. The van der Waals surface area contributed by atoms with E-state index in [1.807, 2.05) is 22.6 Å². The second-order valence-electron chi connectivity index (χ2n) is 6.24. The quantitative estimate of drug-likeness (QED) is 0.689. The minimum absolute atomic E-state index is 0.0688. The number of carbonyl (C=O) groups is 1. The van der Waals surface area contributed by atoms with Crippen LogP contribution >= 0.6 is 22.6 Å². The Hall–Kier alpha value is -1.38. The van der Waals surface area contributed by atoms with Crippen molar-refractivity contribution in [2.24, 2.45) is 0 Å². The molecule has 126 valence electrons. The van der Waals surface area contributed by atoms with Gasteiger partial charge in [-0.15, -0.1) is 0 Å². The Balaban J connectivity index is 2.22. The Morgan fingerprint density at radius 1 is 1.43 bits per heavy atom. The van der Waals surface area contributed by atoms with Gasteiger partial charge in [0.1, 0.15) is 29.1 Å². The lowest BCUT2D eigenvalue weighted by Crippen LogP contribution is -2.40. The predicted molar refractivity (Wildman–Crippen MR) is 90.1 cm³/mol. The maximum absolute atomic E-state index is 14.0. The van der Waals surface area contributed by atoms with Crippen LogP contribution in [-0.4, -0.2) is 17.7 Å². The zero-order valence-electron chi connectivity index (χ0n) is 13.0. The van der Waals surface area contributed by atoms with Crippen molar-refractivity contribution in [3.8, 4) is 0 Å². The third kappa shape index (κ3) is 4.79. The highest BCUT2D eigenvalue weighted by molar-refractivity contribution is 14.1. The van der Waals surface area contributed by atoms with Crippen molar-refractivity contribution in [3.05, 3.63) is 45.2 Å². The predicted octanol–water partition coefficient (Wildman–Crippen LogP) is 4.60. The standard InChI is InChI=1S/C16H18F2INO3/c1-16(2,3)23-15(21)20-13-7-10(8-19)22-14(13)11-6-9(17)4-5-12(11)18/h4-6,8,13-14H,7H2,1-3H3,(H,20,21)/b10-8-/t13-,14+/m0/s1. The van der Waals surface area contributed by atoms with Crippen LogP contribution in [-0.2, 0) is 9.47 Å². The summed E-state index contributed by atoms with van der Waals surface area (Å²) in [5.41, 5.74) is -0.579. The third-order valence-corrected chi connectivity index (χ3v) is 3.85. The van der Waals surface area contributed by atoms with E-state index in [-0.39, 0.29) is 5.56 Å². The van der Waals surface area contributed by atoms with E-state index in [1.54, 1.807) is 24.9 Å². The van der Waals surface area contributed by atoms with Gasteiger partial charge < -0.3 is 14.8 Å². The van der Waals surface area contributed by atoms with Gasteiger partial charge in [0.05, 0.1) is 6.04 Å². The highest BCUT2D eigenvalue weighted by Gasteiger charge is 2.37. The topological polar surface area (TPSA) is 47.6 Å². The van der Waals surface area contributed by atoms with Crippen molar-refractivity contribution >= 4 is 28.7 Å². The molecule has 0 spiro atoms. The summed E-state index contributed by atoms with van der Waals surface area (Å²) in [7, 11) is 0. The molecule has 0 saturated carbocycles. The molecule has 1 aromatic carbocycles. The minimum Gasteiger partial charge on any atom is -0.487 e. The number of benzene rings is 1. The molecule has 0 bridgehead atoms. The van der Waals surface area contributed by atoms with Gasteiger partial charge in [-0.25, -0.2) is 13.6 Å². The number of rotatable bonds is 2. The van der Waals surface area contributed by atoms with E-state index >= 15 is 0 Å². The highest BCUT2D eigenvalue weighted by atomic mass is 127. The Morgan fingerprint density at radius 3 is 2.74 bits per heavy atom. The number of hydrogen-bond donors (Lipinski definition) is 1. The molecule has 2 rings (SSSR count). The smallest absolute Gasteiger partial charge is 0.408 e. The summed E-state index contributed by atoms with van der Waals surface area (Å²) >= 11 is 2.00. The third-order valence-electron chi connectivity index (χ3n) is 3.15. The van der Waals surface area contributed by atoms with Crippen molar-refractivity contribution in [2.75, 3.05) is 0 Å². The van der Waals surface area contributed by atoms with E-state index in [0.29, 0.717) is 12.2 Å². The van der Waals surface area contributed by atoms with Gasteiger partial charge in [-0.05, 0) is 61.6 Å². The van der Waals surface area contributed by atoms with Crippen LogP contribution in [0.25, 0.3) is 0 Å². The average Bonchev–Trinajstić information content (AvgIpc) is 2.82. The van der Waals surface area contributed by atoms with Gasteiger partial charge in [0.2, 0.25) is 0 Å². The molecule has 1 fully saturated rings. The number of halogens is 3. The molecule has 2 atom stereocenters. The molecule has 23 heavy (non-hydrogen) atoms. The van der Waals surface area contributed by atoms with E-state index in [2.05, 4.69) is 5.32 Å². The van der Waals surface area contributed by atoms with Gasteiger partial charge in [0, 0.05) is 16.1 Å². The first-order chi connectivity index (χ1) is 10.7. The summed E-state index contributed by atoms with van der Waals surface area (Å²) < 4.78 is 40.0. The molecule has 0 unspecified atom stereocenters. The van der Waals surface area contributed by atoms with Crippen LogP contribution in [0.3, 0.4) is 0 Å². The first-order valence-corrected chi connectivity index (χ1v) is 8.34. The fourth-order valence-electron chi connectivity index (χ4n) is 2.29. The molecular formula is C16H18F2INO3. The van der Waals surface area contributed by atoms with Crippen LogP contribution in [0, 0.1) is 11.6 Å².